The van der Waals surface area contributed by atoms with Gasteiger partial charge in [-0.2, -0.15) is 0 Å². The van der Waals surface area contributed by atoms with Gasteiger partial charge in [-0.05, 0) is 85.7 Å². The van der Waals surface area contributed by atoms with Gasteiger partial charge in [0.1, 0.15) is 0 Å². The molecule has 3 nitrogen and oxygen atoms in total. The Morgan fingerprint density at radius 1 is 0.935 bits per heavy atom. The summed E-state index contributed by atoms with van der Waals surface area (Å²) in [6.45, 7) is 12.2. The molecular weight excluding hydrogens is 403 g/mol. The third-order valence-electron chi connectivity index (χ3n) is 6.29. The Kier molecular flexibility index (Phi) is 14.5. The second-order valence-corrected chi connectivity index (χ2v) is 9.94. The van der Waals surface area contributed by atoms with Gasteiger partial charge < -0.3 is 14.2 Å². The summed E-state index contributed by atoms with van der Waals surface area (Å²) in [7, 11) is 6.42. The van der Waals surface area contributed by atoms with Crippen molar-refractivity contribution in [2.45, 2.75) is 98.0 Å². The molecule has 0 aliphatic rings. The SMILES string of the molecule is CCCc1cc(OCCCCCP)c(OC)cc1C(C)CC(OC)C(CC)CC(C)C. The number of aryl methyl sites for hydroxylation is 1. The van der Waals surface area contributed by atoms with Crippen LogP contribution in [0.1, 0.15) is 96.6 Å². The van der Waals surface area contributed by atoms with E-state index in [-0.39, 0.29) is 6.10 Å². The fourth-order valence-corrected chi connectivity index (χ4v) is 4.87. The highest BCUT2D eigenvalue weighted by Crippen LogP contribution is 2.38. The standard InChI is InChI=1S/C27H49O3P/c1-8-13-23-18-27(30-14-11-10-12-15-31)26(29-7)19-24(23)21(5)17-25(28-6)22(9-2)16-20(3)4/h18-22,25H,8-17,31H2,1-7H3. The summed E-state index contributed by atoms with van der Waals surface area (Å²) in [5.74, 6) is 3.46. The molecule has 0 spiro atoms. The quantitative estimate of drug-likeness (QED) is 0.179. The monoisotopic (exact) mass is 452 g/mol. The van der Waals surface area contributed by atoms with Crippen LogP contribution in [0.4, 0.5) is 0 Å². The van der Waals surface area contributed by atoms with Crippen LogP contribution in [-0.2, 0) is 11.2 Å². The predicted molar refractivity (Wildman–Crippen MR) is 138 cm³/mol. The highest BCUT2D eigenvalue weighted by Gasteiger charge is 2.25. The number of hydrogen-bond donors (Lipinski definition) is 0. The highest BCUT2D eigenvalue weighted by molar-refractivity contribution is 7.16. The number of ether oxygens (including phenoxy) is 3. The van der Waals surface area contributed by atoms with Crippen LogP contribution in [0.5, 0.6) is 11.5 Å². The lowest BCUT2D eigenvalue weighted by Gasteiger charge is -2.30. The Bertz CT molecular complexity index is 602. The predicted octanol–water partition coefficient (Wildman–Crippen LogP) is 7.65. The minimum atomic E-state index is 0.288. The van der Waals surface area contributed by atoms with Gasteiger partial charge in [-0.25, -0.2) is 0 Å². The smallest absolute Gasteiger partial charge is 0.161 e. The third kappa shape index (κ3) is 9.70. The lowest BCUT2D eigenvalue weighted by atomic mass is 9.82. The van der Waals surface area contributed by atoms with Crippen LogP contribution in [0.15, 0.2) is 12.1 Å². The number of rotatable bonds is 17. The summed E-state index contributed by atoms with van der Waals surface area (Å²) in [5.41, 5.74) is 2.78. The molecule has 0 saturated heterocycles. The lowest BCUT2D eigenvalue weighted by molar-refractivity contribution is 0.0312. The van der Waals surface area contributed by atoms with Crippen LogP contribution in [-0.4, -0.2) is 33.1 Å². The molecule has 0 amide bonds. The van der Waals surface area contributed by atoms with E-state index in [1.807, 2.05) is 7.11 Å². The topological polar surface area (TPSA) is 27.7 Å². The fraction of sp³-hybridized carbons (Fsp3) is 0.778. The molecule has 180 valence electrons. The van der Waals surface area contributed by atoms with Crippen molar-refractivity contribution >= 4 is 9.24 Å². The van der Waals surface area contributed by atoms with Gasteiger partial charge in [0, 0.05) is 7.11 Å². The molecule has 0 aromatic heterocycles. The highest BCUT2D eigenvalue weighted by atomic mass is 31.0. The minimum Gasteiger partial charge on any atom is -0.493 e. The largest absolute Gasteiger partial charge is 0.493 e. The van der Waals surface area contributed by atoms with Crippen molar-refractivity contribution in [2.24, 2.45) is 11.8 Å². The van der Waals surface area contributed by atoms with E-state index in [2.05, 4.69) is 56.0 Å². The van der Waals surface area contributed by atoms with Gasteiger partial charge >= 0.3 is 0 Å². The van der Waals surface area contributed by atoms with E-state index in [1.54, 1.807) is 7.11 Å². The molecule has 4 heteroatoms. The van der Waals surface area contributed by atoms with Crippen molar-refractivity contribution in [3.63, 3.8) is 0 Å². The van der Waals surface area contributed by atoms with Crippen molar-refractivity contribution in [1.29, 1.82) is 0 Å². The van der Waals surface area contributed by atoms with Crippen molar-refractivity contribution in [3.05, 3.63) is 23.3 Å². The van der Waals surface area contributed by atoms with Crippen LogP contribution in [0.2, 0.25) is 0 Å². The van der Waals surface area contributed by atoms with Gasteiger partial charge in [0.05, 0.1) is 19.8 Å². The van der Waals surface area contributed by atoms with E-state index in [0.29, 0.717) is 17.8 Å². The van der Waals surface area contributed by atoms with Crippen LogP contribution in [0.3, 0.4) is 0 Å². The average molecular weight is 453 g/mol. The molecule has 4 unspecified atom stereocenters. The first-order valence-corrected chi connectivity index (χ1v) is 13.3. The molecular formula is C27H49O3P. The van der Waals surface area contributed by atoms with Crippen LogP contribution in [0.25, 0.3) is 0 Å². The molecule has 0 aliphatic heterocycles. The third-order valence-corrected chi connectivity index (χ3v) is 6.70. The molecule has 0 heterocycles. The van der Waals surface area contributed by atoms with Gasteiger partial charge in [0.15, 0.2) is 11.5 Å². The number of hydrogen-bond acceptors (Lipinski definition) is 3. The normalized spacial score (nSPS) is 14.5. The Morgan fingerprint density at radius 2 is 1.68 bits per heavy atom. The molecule has 1 aromatic rings. The van der Waals surface area contributed by atoms with Gasteiger partial charge in [0.2, 0.25) is 0 Å². The van der Waals surface area contributed by atoms with Gasteiger partial charge in [-0.3, -0.25) is 0 Å². The number of unbranched alkanes of at least 4 members (excludes halogenated alkanes) is 2. The van der Waals surface area contributed by atoms with Crippen molar-refractivity contribution in [2.75, 3.05) is 27.0 Å². The van der Waals surface area contributed by atoms with Crippen LogP contribution >= 0.6 is 9.24 Å². The van der Waals surface area contributed by atoms with Crippen molar-refractivity contribution in [1.82, 2.24) is 0 Å². The van der Waals surface area contributed by atoms with E-state index in [0.717, 1.165) is 56.4 Å². The van der Waals surface area contributed by atoms with E-state index < -0.39 is 0 Å². The zero-order valence-corrected chi connectivity index (χ0v) is 22.5. The van der Waals surface area contributed by atoms with Crippen molar-refractivity contribution < 1.29 is 14.2 Å². The molecule has 0 fully saturated rings. The molecule has 4 atom stereocenters. The maximum atomic E-state index is 6.14. The zero-order valence-electron chi connectivity index (χ0n) is 21.3. The molecule has 31 heavy (non-hydrogen) atoms. The maximum Gasteiger partial charge on any atom is 0.161 e. The first-order valence-electron chi connectivity index (χ1n) is 12.5. The lowest BCUT2D eigenvalue weighted by Crippen LogP contribution is -2.26. The molecule has 1 aromatic carbocycles. The zero-order chi connectivity index (χ0) is 23.2. The minimum absolute atomic E-state index is 0.288. The summed E-state index contributed by atoms with van der Waals surface area (Å²) < 4.78 is 17.9. The number of benzene rings is 1. The summed E-state index contributed by atoms with van der Waals surface area (Å²) in [6, 6.07) is 4.46. The maximum absolute atomic E-state index is 6.14. The van der Waals surface area contributed by atoms with E-state index in [4.69, 9.17) is 14.2 Å². The first kappa shape index (κ1) is 28.2. The Balaban J connectivity index is 3.04. The van der Waals surface area contributed by atoms with Crippen LogP contribution < -0.4 is 9.47 Å². The molecule has 0 saturated carbocycles. The second kappa shape index (κ2) is 15.9. The molecule has 0 bridgehead atoms. The summed E-state index contributed by atoms with van der Waals surface area (Å²) in [5, 5.41) is 0. The van der Waals surface area contributed by atoms with E-state index in [1.165, 1.54) is 30.4 Å². The molecule has 1 rings (SSSR count). The second-order valence-electron chi connectivity index (χ2n) is 9.36. The summed E-state index contributed by atoms with van der Waals surface area (Å²) in [4.78, 5) is 0. The van der Waals surface area contributed by atoms with Crippen LogP contribution in [0, 0.1) is 11.8 Å². The van der Waals surface area contributed by atoms with Crippen molar-refractivity contribution in [3.8, 4) is 11.5 Å². The number of methoxy groups -OCH3 is 2. The molecule has 0 radical (unpaired) electrons. The molecule has 0 N–H and O–H groups in total. The summed E-state index contributed by atoms with van der Waals surface area (Å²) >= 11 is 0. The first-order chi connectivity index (χ1) is 14.9. The Hall–Kier alpha value is -0.790. The molecule has 0 aliphatic carbocycles. The van der Waals surface area contributed by atoms with E-state index >= 15 is 0 Å². The Morgan fingerprint density at radius 3 is 2.23 bits per heavy atom. The van der Waals surface area contributed by atoms with E-state index in [9.17, 15) is 0 Å². The average Bonchev–Trinajstić information content (AvgIpc) is 2.75. The van der Waals surface area contributed by atoms with Gasteiger partial charge in [-0.1, -0.05) is 47.5 Å². The Labute approximate surface area is 195 Å². The fourth-order valence-electron chi connectivity index (χ4n) is 4.58. The summed E-state index contributed by atoms with van der Waals surface area (Å²) in [6.07, 6.45) is 10.6. The van der Waals surface area contributed by atoms with Gasteiger partial charge in [-0.15, -0.1) is 9.24 Å². The van der Waals surface area contributed by atoms with Gasteiger partial charge in [0.25, 0.3) is 0 Å².